The van der Waals surface area contributed by atoms with Gasteiger partial charge < -0.3 is 0 Å². The van der Waals surface area contributed by atoms with E-state index in [1.54, 1.807) is 0 Å². The molecule has 29 heavy (non-hydrogen) atoms. The highest BCUT2D eigenvalue weighted by Crippen LogP contribution is 2.42. The first-order chi connectivity index (χ1) is 14.0. The van der Waals surface area contributed by atoms with E-state index < -0.39 is 16.1 Å². The van der Waals surface area contributed by atoms with Gasteiger partial charge in [-0.1, -0.05) is 72.8 Å². The zero-order valence-electron chi connectivity index (χ0n) is 15.2. The van der Waals surface area contributed by atoms with Gasteiger partial charge in [-0.2, -0.15) is 8.42 Å². The zero-order chi connectivity index (χ0) is 20.0. The van der Waals surface area contributed by atoms with Gasteiger partial charge in [0.25, 0.3) is 5.91 Å². The van der Waals surface area contributed by atoms with Crippen molar-refractivity contribution in [3.05, 3.63) is 89.3 Å². The Morgan fingerprint density at radius 2 is 1.48 bits per heavy atom. The molecule has 144 valence electrons. The summed E-state index contributed by atoms with van der Waals surface area (Å²) < 4.78 is 29.9. The molecule has 0 atom stereocenters. The Balaban J connectivity index is 1.56. The average molecular weight is 421 g/mol. The molecule has 0 radical (unpaired) electrons. The van der Waals surface area contributed by atoms with Crippen LogP contribution in [0.5, 0.6) is 0 Å². The normalized spacial score (nSPS) is 15.2. The molecule has 0 aliphatic carbocycles. The minimum Gasteiger partial charge on any atom is -0.267 e. The fourth-order valence-electron chi connectivity index (χ4n) is 3.54. The van der Waals surface area contributed by atoms with Crippen LogP contribution in [0.25, 0.3) is 21.2 Å². The average Bonchev–Trinajstić information content (AvgIpc) is 3.12. The van der Waals surface area contributed by atoms with Crippen molar-refractivity contribution in [1.29, 1.82) is 0 Å². The predicted octanol–water partition coefficient (Wildman–Crippen LogP) is 4.56. The van der Waals surface area contributed by atoms with Crippen molar-refractivity contribution in [2.24, 2.45) is 0 Å². The number of hydrogen-bond donors (Lipinski definition) is 1. The molecule has 2 heterocycles. The molecule has 0 saturated carbocycles. The zero-order valence-corrected chi connectivity index (χ0v) is 16.8. The van der Waals surface area contributed by atoms with E-state index in [9.17, 15) is 13.2 Å². The summed E-state index contributed by atoms with van der Waals surface area (Å²) in [5.74, 6) is -0.572. The first-order valence-corrected chi connectivity index (χ1v) is 11.3. The number of hydrogen-bond acceptors (Lipinski definition) is 4. The molecular formula is C22H16N2O3S2. The molecule has 5 nitrogen and oxygen atoms in total. The second-order valence-corrected chi connectivity index (χ2v) is 9.43. The van der Waals surface area contributed by atoms with Gasteiger partial charge >= 0.3 is 10.2 Å². The lowest BCUT2D eigenvalue weighted by atomic mass is 10.0. The van der Waals surface area contributed by atoms with Gasteiger partial charge in [0.15, 0.2) is 0 Å². The smallest absolute Gasteiger partial charge is 0.267 e. The molecule has 4 aromatic rings. The van der Waals surface area contributed by atoms with E-state index in [0.29, 0.717) is 10.6 Å². The molecule has 1 aliphatic rings. The SMILES string of the molecule is O=C1NS(=O)(=O)N(Cc2ccc(-c3ccccc3)cc2)c2c1sc1ccccc21. The second-order valence-electron chi connectivity index (χ2n) is 6.78. The number of rotatable bonds is 3. The van der Waals surface area contributed by atoms with E-state index in [4.69, 9.17) is 0 Å². The van der Waals surface area contributed by atoms with Gasteiger partial charge in [0, 0.05) is 10.1 Å². The Morgan fingerprint density at radius 3 is 2.24 bits per heavy atom. The number of fused-ring (bicyclic) bond motifs is 3. The summed E-state index contributed by atoms with van der Waals surface area (Å²) in [4.78, 5) is 12.8. The minimum atomic E-state index is -3.97. The third kappa shape index (κ3) is 3.08. The van der Waals surface area contributed by atoms with Crippen molar-refractivity contribution in [3.63, 3.8) is 0 Å². The third-order valence-electron chi connectivity index (χ3n) is 4.92. The fourth-order valence-corrected chi connectivity index (χ4v) is 5.95. The lowest BCUT2D eigenvalue weighted by Gasteiger charge is -2.28. The van der Waals surface area contributed by atoms with Crippen LogP contribution >= 0.6 is 11.3 Å². The van der Waals surface area contributed by atoms with Crippen LogP contribution in [0.4, 0.5) is 5.69 Å². The van der Waals surface area contributed by atoms with E-state index in [-0.39, 0.29) is 6.54 Å². The van der Waals surface area contributed by atoms with Gasteiger partial charge in [-0.3, -0.25) is 4.79 Å². The molecule has 1 aliphatic heterocycles. The molecule has 1 aromatic heterocycles. The van der Waals surface area contributed by atoms with Crippen LogP contribution in [0.3, 0.4) is 0 Å². The van der Waals surface area contributed by atoms with Crippen molar-refractivity contribution in [1.82, 2.24) is 4.72 Å². The van der Waals surface area contributed by atoms with E-state index >= 15 is 0 Å². The molecule has 0 spiro atoms. The maximum Gasteiger partial charge on any atom is 0.326 e. The van der Waals surface area contributed by atoms with Crippen LogP contribution in [0.1, 0.15) is 15.2 Å². The highest BCUT2D eigenvalue weighted by Gasteiger charge is 2.37. The van der Waals surface area contributed by atoms with Crippen LogP contribution < -0.4 is 9.03 Å². The molecule has 1 N–H and O–H groups in total. The highest BCUT2D eigenvalue weighted by molar-refractivity contribution is 7.91. The molecule has 7 heteroatoms. The largest absolute Gasteiger partial charge is 0.326 e. The lowest BCUT2D eigenvalue weighted by molar-refractivity contribution is 0.0984. The summed E-state index contributed by atoms with van der Waals surface area (Å²) in [6, 6.07) is 25.3. The van der Waals surface area contributed by atoms with Crippen LogP contribution in [-0.4, -0.2) is 14.3 Å². The van der Waals surface area contributed by atoms with Crippen LogP contribution in [0.15, 0.2) is 78.9 Å². The number of thiophene rings is 1. The standard InChI is InChI=1S/C22H16N2O3S2/c25-22-21-20(18-8-4-5-9-19(18)28-21)24(29(26,27)23-22)14-15-10-12-17(13-11-15)16-6-2-1-3-7-16/h1-13H,14H2,(H,23,25). The number of carbonyl (C=O) groups excluding carboxylic acids is 1. The quantitative estimate of drug-likeness (QED) is 0.528. The fraction of sp³-hybridized carbons (Fsp3) is 0.0455. The number of carbonyl (C=O) groups is 1. The maximum absolute atomic E-state index is 12.8. The van der Waals surface area contributed by atoms with Crippen LogP contribution in [0, 0.1) is 0 Å². The molecular weight excluding hydrogens is 404 g/mol. The van der Waals surface area contributed by atoms with Gasteiger partial charge in [-0.15, -0.1) is 11.3 Å². The van der Waals surface area contributed by atoms with Crippen molar-refractivity contribution < 1.29 is 13.2 Å². The number of benzene rings is 3. The predicted molar refractivity (Wildman–Crippen MR) is 116 cm³/mol. The summed E-state index contributed by atoms with van der Waals surface area (Å²) >= 11 is 1.30. The Kier molecular flexibility index (Phi) is 4.15. The van der Waals surface area contributed by atoms with Gasteiger partial charge in [0.2, 0.25) is 0 Å². The second kappa shape index (κ2) is 6.72. The van der Waals surface area contributed by atoms with Crippen LogP contribution in [-0.2, 0) is 16.8 Å². The van der Waals surface area contributed by atoms with E-state index in [1.807, 2.05) is 78.9 Å². The molecule has 1 amide bonds. The van der Waals surface area contributed by atoms with E-state index in [2.05, 4.69) is 4.72 Å². The van der Waals surface area contributed by atoms with E-state index in [1.165, 1.54) is 15.6 Å². The van der Waals surface area contributed by atoms with Gasteiger partial charge in [0.05, 0.1) is 12.2 Å². The summed E-state index contributed by atoms with van der Waals surface area (Å²) in [5.41, 5.74) is 3.46. The van der Waals surface area contributed by atoms with Crippen LogP contribution in [0.2, 0.25) is 0 Å². The molecule has 0 saturated heterocycles. The molecule has 0 unspecified atom stereocenters. The maximum atomic E-state index is 12.8. The number of anilines is 1. The molecule has 0 fully saturated rings. The Bertz CT molecular complexity index is 1330. The molecule has 5 rings (SSSR count). The first kappa shape index (κ1) is 17.9. The first-order valence-electron chi connectivity index (χ1n) is 9.04. The molecule has 3 aromatic carbocycles. The Morgan fingerprint density at radius 1 is 0.828 bits per heavy atom. The van der Waals surface area contributed by atoms with Gasteiger partial charge in [0.1, 0.15) is 4.88 Å². The topological polar surface area (TPSA) is 66.5 Å². The van der Waals surface area contributed by atoms with Gasteiger partial charge in [-0.05, 0) is 22.8 Å². The number of nitrogens with one attached hydrogen (secondary N) is 1. The monoisotopic (exact) mass is 420 g/mol. The van der Waals surface area contributed by atoms with Gasteiger partial charge in [-0.25, -0.2) is 9.03 Å². The minimum absolute atomic E-state index is 0.144. The van der Waals surface area contributed by atoms with E-state index in [0.717, 1.165) is 26.8 Å². The summed E-state index contributed by atoms with van der Waals surface area (Å²) in [5, 5.41) is 0.770. The third-order valence-corrected chi connectivity index (χ3v) is 7.42. The van der Waals surface area contributed by atoms with Crippen molar-refractivity contribution >= 4 is 43.2 Å². The highest BCUT2D eigenvalue weighted by atomic mass is 32.2. The Hall–Kier alpha value is -3.16. The summed E-state index contributed by atoms with van der Waals surface area (Å²) in [6.07, 6.45) is 0. The Labute approximate surface area is 172 Å². The lowest BCUT2D eigenvalue weighted by Crippen LogP contribution is -2.47. The molecule has 0 bridgehead atoms. The van der Waals surface area contributed by atoms with Crippen molar-refractivity contribution in [2.75, 3.05) is 4.31 Å². The summed E-state index contributed by atoms with van der Waals surface area (Å²) in [6.45, 7) is 0.144. The van der Waals surface area contributed by atoms with Crippen molar-refractivity contribution in [3.8, 4) is 11.1 Å². The summed E-state index contributed by atoms with van der Waals surface area (Å²) in [7, 11) is -3.97. The number of nitrogens with zero attached hydrogens (tertiary/aromatic N) is 1. The number of amides is 1. The van der Waals surface area contributed by atoms with Crippen molar-refractivity contribution in [2.45, 2.75) is 6.54 Å².